The van der Waals surface area contributed by atoms with Crippen molar-refractivity contribution in [2.45, 2.75) is 19.9 Å². The van der Waals surface area contributed by atoms with Gasteiger partial charge in [-0.1, -0.05) is 29.8 Å². The molecule has 0 aliphatic heterocycles. The van der Waals surface area contributed by atoms with Crippen LogP contribution in [-0.2, 0) is 11.3 Å². The summed E-state index contributed by atoms with van der Waals surface area (Å²) in [6, 6.07) is 8.45. The average molecular weight is 233 g/mol. The summed E-state index contributed by atoms with van der Waals surface area (Å²) in [5, 5.41) is 8.84. The maximum Gasteiger partial charge on any atom is 0.306 e. The third kappa shape index (κ3) is 3.30. The van der Waals surface area contributed by atoms with Gasteiger partial charge in [-0.2, -0.15) is 0 Å². The molecule has 2 rings (SSSR count). The van der Waals surface area contributed by atoms with Crippen molar-refractivity contribution >= 4 is 5.97 Å². The summed E-state index contributed by atoms with van der Waals surface area (Å²) in [6.45, 7) is 3.86. The number of aliphatic carboxylic acids is 1. The fourth-order valence-electron chi connectivity index (χ4n) is 2.34. The fourth-order valence-corrected chi connectivity index (χ4v) is 2.34. The van der Waals surface area contributed by atoms with Gasteiger partial charge in [-0.15, -0.1) is 0 Å². The predicted octanol–water partition coefficient (Wildman–Crippen LogP) is 2.15. The Kier molecular flexibility index (Phi) is 3.48. The molecule has 2 atom stereocenters. The van der Waals surface area contributed by atoms with E-state index in [1.165, 1.54) is 11.1 Å². The van der Waals surface area contributed by atoms with Gasteiger partial charge in [0.25, 0.3) is 0 Å². The van der Waals surface area contributed by atoms with Crippen molar-refractivity contribution in [3.05, 3.63) is 35.4 Å². The summed E-state index contributed by atoms with van der Waals surface area (Å²) < 4.78 is 0. The Morgan fingerprint density at radius 2 is 2.29 bits per heavy atom. The minimum Gasteiger partial charge on any atom is -0.481 e. The van der Waals surface area contributed by atoms with Crippen LogP contribution in [0.2, 0.25) is 0 Å². The summed E-state index contributed by atoms with van der Waals surface area (Å²) in [7, 11) is 2.06. The third-order valence-corrected chi connectivity index (χ3v) is 3.32. The Morgan fingerprint density at radius 3 is 2.88 bits per heavy atom. The fraction of sp³-hybridized carbons (Fsp3) is 0.500. The standard InChI is InChI=1S/C14H19NO2/c1-10-4-3-5-11(6-10)8-15(2)9-12-7-13(12)14(16)17/h3-6,12-13H,7-9H2,1-2H3,(H,16,17). The summed E-state index contributed by atoms with van der Waals surface area (Å²) in [5.74, 6) is -0.392. The molecule has 1 aromatic rings. The van der Waals surface area contributed by atoms with Crippen LogP contribution in [0.5, 0.6) is 0 Å². The maximum absolute atomic E-state index is 10.7. The monoisotopic (exact) mass is 233 g/mol. The number of carboxylic acid groups (broad SMARTS) is 1. The van der Waals surface area contributed by atoms with Crippen LogP contribution in [0.25, 0.3) is 0 Å². The van der Waals surface area contributed by atoms with Gasteiger partial charge in [0.1, 0.15) is 0 Å². The third-order valence-electron chi connectivity index (χ3n) is 3.32. The normalized spacial score (nSPS) is 22.8. The van der Waals surface area contributed by atoms with Crippen LogP contribution >= 0.6 is 0 Å². The first kappa shape index (κ1) is 12.1. The number of aryl methyl sites for hydroxylation is 1. The zero-order valence-electron chi connectivity index (χ0n) is 10.4. The second-order valence-corrected chi connectivity index (χ2v) is 5.13. The quantitative estimate of drug-likeness (QED) is 0.847. The highest BCUT2D eigenvalue weighted by Gasteiger charge is 2.43. The topological polar surface area (TPSA) is 40.5 Å². The molecular formula is C14H19NO2. The number of hydrogen-bond donors (Lipinski definition) is 1. The molecule has 0 amide bonds. The molecule has 0 heterocycles. The number of hydrogen-bond acceptors (Lipinski definition) is 2. The molecule has 2 unspecified atom stereocenters. The second kappa shape index (κ2) is 4.88. The van der Waals surface area contributed by atoms with Crippen LogP contribution in [0.15, 0.2) is 24.3 Å². The van der Waals surface area contributed by atoms with Gasteiger partial charge in [-0.25, -0.2) is 0 Å². The van der Waals surface area contributed by atoms with E-state index >= 15 is 0 Å². The minimum absolute atomic E-state index is 0.102. The van der Waals surface area contributed by atoms with E-state index in [2.05, 4.69) is 43.1 Å². The van der Waals surface area contributed by atoms with E-state index < -0.39 is 5.97 Å². The van der Waals surface area contributed by atoms with Crippen molar-refractivity contribution in [2.75, 3.05) is 13.6 Å². The highest BCUT2D eigenvalue weighted by Crippen LogP contribution is 2.39. The lowest BCUT2D eigenvalue weighted by atomic mass is 10.1. The summed E-state index contributed by atoms with van der Waals surface area (Å²) >= 11 is 0. The van der Waals surface area contributed by atoms with E-state index in [4.69, 9.17) is 5.11 Å². The summed E-state index contributed by atoms with van der Waals surface area (Å²) in [4.78, 5) is 12.9. The molecule has 0 saturated heterocycles. The van der Waals surface area contributed by atoms with E-state index in [9.17, 15) is 4.79 Å². The van der Waals surface area contributed by atoms with Gasteiger partial charge in [0, 0.05) is 13.1 Å². The van der Waals surface area contributed by atoms with E-state index in [0.29, 0.717) is 5.92 Å². The highest BCUT2D eigenvalue weighted by molar-refractivity contribution is 5.73. The van der Waals surface area contributed by atoms with Crippen LogP contribution < -0.4 is 0 Å². The lowest BCUT2D eigenvalue weighted by Gasteiger charge is -2.16. The van der Waals surface area contributed by atoms with Crippen LogP contribution in [0, 0.1) is 18.8 Å². The molecule has 0 spiro atoms. The predicted molar refractivity (Wildman–Crippen MR) is 66.7 cm³/mol. The van der Waals surface area contributed by atoms with E-state index in [1.807, 2.05) is 0 Å². The van der Waals surface area contributed by atoms with Crippen molar-refractivity contribution < 1.29 is 9.90 Å². The maximum atomic E-state index is 10.7. The average Bonchev–Trinajstić information content (AvgIpc) is 2.96. The van der Waals surface area contributed by atoms with Gasteiger partial charge in [-0.3, -0.25) is 4.79 Å². The zero-order valence-corrected chi connectivity index (χ0v) is 10.4. The first-order chi connectivity index (χ1) is 8.06. The number of carbonyl (C=O) groups is 1. The van der Waals surface area contributed by atoms with E-state index in [0.717, 1.165) is 19.5 Å². The van der Waals surface area contributed by atoms with E-state index in [1.54, 1.807) is 0 Å². The molecule has 92 valence electrons. The molecule has 1 aromatic carbocycles. The first-order valence-corrected chi connectivity index (χ1v) is 6.03. The Balaban J connectivity index is 1.82. The van der Waals surface area contributed by atoms with Gasteiger partial charge in [0.2, 0.25) is 0 Å². The molecular weight excluding hydrogens is 214 g/mol. The van der Waals surface area contributed by atoms with Crippen LogP contribution in [0.1, 0.15) is 17.5 Å². The zero-order chi connectivity index (χ0) is 12.4. The van der Waals surface area contributed by atoms with Crippen molar-refractivity contribution in [2.24, 2.45) is 11.8 Å². The second-order valence-electron chi connectivity index (χ2n) is 5.13. The van der Waals surface area contributed by atoms with Crippen molar-refractivity contribution in [3.63, 3.8) is 0 Å². The number of benzene rings is 1. The molecule has 0 radical (unpaired) electrons. The lowest BCUT2D eigenvalue weighted by molar-refractivity contribution is -0.138. The summed E-state index contributed by atoms with van der Waals surface area (Å²) in [6.07, 6.45) is 0.841. The van der Waals surface area contributed by atoms with E-state index in [-0.39, 0.29) is 5.92 Å². The molecule has 1 aliphatic carbocycles. The molecule has 0 aromatic heterocycles. The molecule has 0 bridgehead atoms. The van der Waals surface area contributed by atoms with Crippen molar-refractivity contribution in [1.29, 1.82) is 0 Å². The smallest absolute Gasteiger partial charge is 0.306 e. The Morgan fingerprint density at radius 1 is 1.53 bits per heavy atom. The Hall–Kier alpha value is -1.35. The van der Waals surface area contributed by atoms with Gasteiger partial charge >= 0.3 is 5.97 Å². The van der Waals surface area contributed by atoms with Gasteiger partial charge in [0.05, 0.1) is 5.92 Å². The number of nitrogens with zero attached hydrogens (tertiary/aromatic N) is 1. The first-order valence-electron chi connectivity index (χ1n) is 6.03. The SMILES string of the molecule is Cc1cccc(CN(C)CC2CC2C(=O)O)c1. The molecule has 1 saturated carbocycles. The summed E-state index contributed by atoms with van der Waals surface area (Å²) in [5.41, 5.74) is 2.56. The van der Waals surface area contributed by atoms with Crippen LogP contribution in [0.4, 0.5) is 0 Å². The highest BCUT2D eigenvalue weighted by atomic mass is 16.4. The number of rotatable bonds is 5. The van der Waals surface area contributed by atoms with Gasteiger partial charge < -0.3 is 10.0 Å². The molecule has 1 N–H and O–H groups in total. The lowest BCUT2D eigenvalue weighted by Crippen LogP contribution is -2.21. The van der Waals surface area contributed by atoms with Crippen molar-refractivity contribution in [3.8, 4) is 0 Å². The van der Waals surface area contributed by atoms with Crippen LogP contribution in [0.3, 0.4) is 0 Å². The number of carboxylic acids is 1. The Labute approximate surface area is 102 Å². The van der Waals surface area contributed by atoms with Crippen LogP contribution in [-0.4, -0.2) is 29.6 Å². The Bertz CT molecular complexity index is 416. The van der Waals surface area contributed by atoms with Crippen molar-refractivity contribution in [1.82, 2.24) is 4.90 Å². The van der Waals surface area contributed by atoms with Gasteiger partial charge in [-0.05, 0) is 31.9 Å². The minimum atomic E-state index is -0.640. The molecule has 3 nitrogen and oxygen atoms in total. The molecule has 3 heteroatoms. The molecule has 1 fully saturated rings. The molecule has 17 heavy (non-hydrogen) atoms. The largest absolute Gasteiger partial charge is 0.481 e. The van der Waals surface area contributed by atoms with Gasteiger partial charge in [0.15, 0.2) is 0 Å². The molecule has 1 aliphatic rings.